The molecule has 0 aliphatic rings. The molecule has 1 aromatic carbocycles. The molecule has 0 spiro atoms. The van der Waals surface area contributed by atoms with Gasteiger partial charge in [0.05, 0.1) is 13.2 Å². The number of ether oxygens (including phenoxy) is 1. The van der Waals surface area contributed by atoms with Crippen molar-refractivity contribution in [1.29, 1.82) is 0 Å². The summed E-state index contributed by atoms with van der Waals surface area (Å²) in [6.07, 6.45) is -0.581. The third-order valence-corrected chi connectivity index (χ3v) is 2.16. The lowest BCUT2D eigenvalue weighted by Gasteiger charge is -2.22. The molecule has 1 N–H and O–H groups in total. The Balaban J connectivity index is 3.01. The molecule has 0 heterocycles. The summed E-state index contributed by atoms with van der Waals surface area (Å²) in [5.74, 6) is 0.632. The van der Waals surface area contributed by atoms with Gasteiger partial charge in [-0.1, -0.05) is 0 Å². The van der Waals surface area contributed by atoms with E-state index in [-0.39, 0.29) is 0 Å². The number of anilines is 1. The average molecular weight is 223 g/mol. The van der Waals surface area contributed by atoms with Crippen molar-refractivity contribution in [3.63, 3.8) is 0 Å². The molecule has 1 rings (SSSR count). The third kappa shape index (κ3) is 2.50. The molecule has 16 heavy (non-hydrogen) atoms. The predicted molar refractivity (Wildman–Crippen MR) is 59.0 cm³/mol. The largest absolute Gasteiger partial charge is 0.497 e. The number of carbonyl (C=O) groups excluding carboxylic acids is 1. The zero-order chi connectivity index (χ0) is 12.1. The van der Waals surface area contributed by atoms with E-state index in [1.807, 2.05) is 0 Å². The van der Waals surface area contributed by atoms with Crippen LogP contribution in [-0.4, -0.2) is 30.6 Å². The highest BCUT2D eigenvalue weighted by atomic mass is 16.5. The molecule has 0 fully saturated rings. The molecule has 1 amide bonds. The quantitative estimate of drug-likeness (QED) is 0.790. The highest BCUT2D eigenvalue weighted by Gasteiger charge is 2.20. The Morgan fingerprint density at radius 1 is 1.44 bits per heavy atom. The van der Waals surface area contributed by atoms with E-state index in [1.54, 1.807) is 24.3 Å². The maximum atomic E-state index is 11.0. The van der Waals surface area contributed by atoms with E-state index >= 15 is 0 Å². The van der Waals surface area contributed by atoms with Crippen molar-refractivity contribution in [2.24, 2.45) is 0 Å². The van der Waals surface area contributed by atoms with E-state index in [2.05, 4.69) is 0 Å². The zero-order valence-corrected chi connectivity index (χ0v) is 9.08. The van der Waals surface area contributed by atoms with E-state index in [0.717, 1.165) is 4.90 Å². The van der Waals surface area contributed by atoms with Crippen molar-refractivity contribution in [2.75, 3.05) is 12.0 Å². The van der Waals surface area contributed by atoms with Crippen molar-refractivity contribution < 1.29 is 19.4 Å². The minimum Gasteiger partial charge on any atom is -0.497 e. The lowest BCUT2D eigenvalue weighted by Crippen LogP contribution is -2.38. The Bertz CT molecular complexity index is 374. The molecule has 0 saturated carbocycles. The first-order valence-corrected chi connectivity index (χ1v) is 4.71. The molecule has 86 valence electrons. The standard InChI is InChI=1S/C11H13NO4/c1-8(7-13)12(11(14)15)9-3-5-10(16-2)6-4-9/h3-8H,1-2H3,(H,14,15). The first-order chi connectivity index (χ1) is 7.60. The van der Waals surface area contributed by atoms with Crippen molar-refractivity contribution in [1.82, 2.24) is 0 Å². The second-order valence-electron chi connectivity index (χ2n) is 3.23. The second kappa shape index (κ2) is 5.16. The molecule has 1 atom stereocenters. The topological polar surface area (TPSA) is 66.8 Å². The smallest absolute Gasteiger partial charge is 0.412 e. The molecule has 1 aromatic rings. The van der Waals surface area contributed by atoms with Crippen molar-refractivity contribution >= 4 is 18.1 Å². The number of benzene rings is 1. The highest BCUT2D eigenvalue weighted by molar-refractivity contribution is 5.90. The van der Waals surface area contributed by atoms with Gasteiger partial charge < -0.3 is 14.6 Å². The zero-order valence-electron chi connectivity index (χ0n) is 9.08. The molecule has 0 radical (unpaired) electrons. The maximum absolute atomic E-state index is 11.0. The number of rotatable bonds is 4. The molecular weight excluding hydrogens is 210 g/mol. The minimum atomic E-state index is -1.16. The summed E-state index contributed by atoms with van der Waals surface area (Å²) >= 11 is 0. The van der Waals surface area contributed by atoms with Gasteiger partial charge in [0, 0.05) is 5.69 Å². The van der Waals surface area contributed by atoms with Crippen LogP contribution in [0.4, 0.5) is 10.5 Å². The predicted octanol–water partition coefficient (Wildman–Crippen LogP) is 1.77. The Hall–Kier alpha value is -2.04. The van der Waals surface area contributed by atoms with Crippen LogP contribution < -0.4 is 9.64 Å². The van der Waals surface area contributed by atoms with Crippen molar-refractivity contribution in [2.45, 2.75) is 13.0 Å². The van der Waals surface area contributed by atoms with Gasteiger partial charge in [0.1, 0.15) is 12.0 Å². The van der Waals surface area contributed by atoms with Gasteiger partial charge in [0.2, 0.25) is 0 Å². The van der Waals surface area contributed by atoms with Crippen molar-refractivity contribution in [3.05, 3.63) is 24.3 Å². The third-order valence-electron chi connectivity index (χ3n) is 2.16. The molecule has 0 bridgehead atoms. The van der Waals surface area contributed by atoms with E-state index in [1.165, 1.54) is 14.0 Å². The van der Waals surface area contributed by atoms with Gasteiger partial charge in [-0.05, 0) is 31.2 Å². The first kappa shape index (κ1) is 12.0. The Labute approximate surface area is 93.2 Å². The van der Waals surface area contributed by atoms with E-state index in [4.69, 9.17) is 9.84 Å². The van der Waals surface area contributed by atoms with Crippen LogP contribution >= 0.6 is 0 Å². The molecule has 1 unspecified atom stereocenters. The van der Waals surface area contributed by atoms with Crippen LogP contribution in [0.2, 0.25) is 0 Å². The van der Waals surface area contributed by atoms with Crippen LogP contribution in [0.1, 0.15) is 6.92 Å². The van der Waals surface area contributed by atoms with Crippen LogP contribution in [0.15, 0.2) is 24.3 Å². The molecular formula is C11H13NO4. The van der Waals surface area contributed by atoms with Gasteiger partial charge in [-0.2, -0.15) is 0 Å². The maximum Gasteiger partial charge on any atom is 0.412 e. The minimum absolute atomic E-state index is 0.438. The summed E-state index contributed by atoms with van der Waals surface area (Å²) in [6.45, 7) is 1.52. The van der Waals surface area contributed by atoms with Crippen LogP contribution in [0, 0.1) is 0 Å². The molecule has 0 aromatic heterocycles. The van der Waals surface area contributed by atoms with Gasteiger partial charge in [0.15, 0.2) is 0 Å². The highest BCUT2D eigenvalue weighted by Crippen LogP contribution is 2.20. The van der Waals surface area contributed by atoms with Gasteiger partial charge in [-0.3, -0.25) is 4.90 Å². The molecule has 5 heteroatoms. The number of amides is 1. The monoisotopic (exact) mass is 223 g/mol. The summed E-state index contributed by atoms with van der Waals surface area (Å²) in [6, 6.07) is 5.75. The molecule has 0 aliphatic heterocycles. The SMILES string of the molecule is COc1ccc(N(C(=O)O)C(C)C=O)cc1. The van der Waals surface area contributed by atoms with Crippen molar-refractivity contribution in [3.8, 4) is 5.75 Å². The van der Waals surface area contributed by atoms with Gasteiger partial charge in [-0.25, -0.2) is 4.79 Å². The van der Waals surface area contributed by atoms with E-state index in [0.29, 0.717) is 17.7 Å². The number of hydrogen-bond acceptors (Lipinski definition) is 3. The Morgan fingerprint density at radius 3 is 2.38 bits per heavy atom. The Kier molecular flexibility index (Phi) is 3.88. The summed E-state index contributed by atoms with van der Waals surface area (Å²) in [5.41, 5.74) is 0.438. The van der Waals surface area contributed by atoms with Crippen LogP contribution in [0.3, 0.4) is 0 Å². The van der Waals surface area contributed by atoms with Crippen LogP contribution in [0.5, 0.6) is 5.75 Å². The number of carboxylic acid groups (broad SMARTS) is 1. The number of hydrogen-bond donors (Lipinski definition) is 1. The average Bonchev–Trinajstić information content (AvgIpc) is 2.29. The first-order valence-electron chi connectivity index (χ1n) is 4.71. The number of carbonyl (C=O) groups is 2. The lowest BCUT2D eigenvalue weighted by atomic mass is 10.2. The lowest BCUT2D eigenvalue weighted by molar-refractivity contribution is -0.108. The molecule has 0 saturated heterocycles. The normalized spacial score (nSPS) is 11.6. The molecule has 5 nitrogen and oxygen atoms in total. The fourth-order valence-corrected chi connectivity index (χ4v) is 1.32. The van der Waals surface area contributed by atoms with E-state index < -0.39 is 12.1 Å². The fourth-order valence-electron chi connectivity index (χ4n) is 1.32. The number of nitrogens with zero attached hydrogens (tertiary/aromatic N) is 1. The van der Waals surface area contributed by atoms with Crippen LogP contribution in [0.25, 0.3) is 0 Å². The van der Waals surface area contributed by atoms with E-state index in [9.17, 15) is 9.59 Å². The number of aldehydes is 1. The van der Waals surface area contributed by atoms with Gasteiger partial charge in [0.25, 0.3) is 0 Å². The van der Waals surface area contributed by atoms with Gasteiger partial charge in [-0.15, -0.1) is 0 Å². The fraction of sp³-hybridized carbons (Fsp3) is 0.273. The second-order valence-corrected chi connectivity index (χ2v) is 3.23. The van der Waals surface area contributed by atoms with Gasteiger partial charge >= 0.3 is 6.09 Å². The Morgan fingerprint density at radius 2 is 2.00 bits per heavy atom. The molecule has 0 aliphatic carbocycles. The summed E-state index contributed by atoms with van der Waals surface area (Å²) in [4.78, 5) is 22.6. The van der Waals surface area contributed by atoms with Crippen LogP contribution in [-0.2, 0) is 4.79 Å². The summed E-state index contributed by atoms with van der Waals surface area (Å²) < 4.78 is 4.96. The summed E-state index contributed by atoms with van der Waals surface area (Å²) in [5, 5.41) is 8.99. The summed E-state index contributed by atoms with van der Waals surface area (Å²) in [7, 11) is 1.53. The number of methoxy groups -OCH3 is 1.